The number of morpholine rings is 1. The van der Waals surface area contributed by atoms with Crippen molar-refractivity contribution in [3.05, 3.63) is 37.1 Å². The van der Waals surface area contributed by atoms with Crippen LogP contribution in [0, 0.1) is 0 Å². The van der Waals surface area contributed by atoms with Gasteiger partial charge in [-0.05, 0) is 19.1 Å². The number of amides is 2. The van der Waals surface area contributed by atoms with Crippen LogP contribution in [0.2, 0.25) is 0 Å². The molecule has 24 heavy (non-hydrogen) atoms. The lowest BCUT2D eigenvalue weighted by atomic mass is 10.3. The van der Waals surface area contributed by atoms with Crippen molar-refractivity contribution >= 4 is 17.5 Å². The molecule has 2 aromatic rings. The van der Waals surface area contributed by atoms with Gasteiger partial charge in [-0.3, -0.25) is 0 Å². The fraction of sp³-hybridized carbons (Fsp3) is 0.438. The molecule has 0 spiro atoms. The Hall–Kier alpha value is -2.61. The topological polar surface area (TPSA) is 84.3 Å². The molecule has 2 N–H and O–H groups in total. The molecular formula is C16H22N6O2. The Kier molecular flexibility index (Phi) is 5.27. The Bertz CT molecular complexity index is 637. The van der Waals surface area contributed by atoms with E-state index in [1.807, 2.05) is 29.8 Å². The number of carbonyl (C=O) groups excluding carboxylic acids is 1. The molecule has 3 heterocycles. The van der Waals surface area contributed by atoms with E-state index in [0.717, 1.165) is 32.1 Å². The Morgan fingerprint density at radius 3 is 2.88 bits per heavy atom. The number of anilines is 2. The van der Waals surface area contributed by atoms with Crippen molar-refractivity contribution in [2.45, 2.75) is 19.5 Å². The third-order valence-electron chi connectivity index (χ3n) is 3.76. The average Bonchev–Trinajstić information content (AvgIpc) is 3.09. The highest BCUT2D eigenvalue weighted by Crippen LogP contribution is 2.15. The molecule has 1 atom stereocenters. The fourth-order valence-corrected chi connectivity index (χ4v) is 2.59. The SMILES string of the molecule is C[C@@H](Cn1ccnc1)NC(=O)Nc1ccc(N2CCOCC2)nc1. The van der Waals surface area contributed by atoms with E-state index in [-0.39, 0.29) is 12.1 Å². The van der Waals surface area contributed by atoms with Gasteiger partial charge in [-0.15, -0.1) is 0 Å². The summed E-state index contributed by atoms with van der Waals surface area (Å²) in [6.45, 7) is 5.73. The van der Waals surface area contributed by atoms with Crippen LogP contribution in [-0.4, -0.2) is 52.9 Å². The van der Waals surface area contributed by atoms with Crippen LogP contribution in [0.1, 0.15) is 6.92 Å². The molecule has 0 aromatic carbocycles. The van der Waals surface area contributed by atoms with Crippen molar-refractivity contribution < 1.29 is 9.53 Å². The van der Waals surface area contributed by atoms with Crippen LogP contribution in [0.25, 0.3) is 0 Å². The van der Waals surface area contributed by atoms with Gasteiger partial charge in [0.05, 0.1) is 31.4 Å². The van der Waals surface area contributed by atoms with Gasteiger partial charge < -0.3 is 24.8 Å². The van der Waals surface area contributed by atoms with Gasteiger partial charge in [0.1, 0.15) is 5.82 Å². The summed E-state index contributed by atoms with van der Waals surface area (Å²) in [7, 11) is 0. The second kappa shape index (κ2) is 7.78. The molecule has 1 aliphatic rings. The maximum atomic E-state index is 12.0. The van der Waals surface area contributed by atoms with Gasteiger partial charge in [0.15, 0.2) is 0 Å². The number of aromatic nitrogens is 3. The fourth-order valence-electron chi connectivity index (χ4n) is 2.59. The normalized spacial score (nSPS) is 15.8. The molecule has 2 amide bonds. The maximum Gasteiger partial charge on any atom is 0.319 e. The number of hydrogen-bond donors (Lipinski definition) is 2. The van der Waals surface area contributed by atoms with Crippen LogP contribution in [0.15, 0.2) is 37.1 Å². The van der Waals surface area contributed by atoms with E-state index < -0.39 is 0 Å². The molecular weight excluding hydrogens is 308 g/mol. The summed E-state index contributed by atoms with van der Waals surface area (Å²) in [6.07, 6.45) is 6.98. The number of ether oxygens (including phenoxy) is 1. The highest BCUT2D eigenvalue weighted by Gasteiger charge is 2.13. The molecule has 0 unspecified atom stereocenters. The number of pyridine rings is 1. The maximum absolute atomic E-state index is 12.0. The largest absolute Gasteiger partial charge is 0.378 e. The van der Waals surface area contributed by atoms with Crippen LogP contribution in [-0.2, 0) is 11.3 Å². The lowest BCUT2D eigenvalue weighted by Crippen LogP contribution is -2.38. The lowest BCUT2D eigenvalue weighted by molar-refractivity contribution is 0.122. The molecule has 3 rings (SSSR count). The van der Waals surface area contributed by atoms with E-state index in [1.54, 1.807) is 18.7 Å². The molecule has 2 aromatic heterocycles. The summed E-state index contributed by atoms with van der Waals surface area (Å²) in [5, 5.41) is 5.69. The van der Waals surface area contributed by atoms with Gasteiger partial charge in [0.25, 0.3) is 0 Å². The van der Waals surface area contributed by atoms with Crippen molar-refractivity contribution in [3.8, 4) is 0 Å². The molecule has 1 aliphatic heterocycles. The van der Waals surface area contributed by atoms with Crippen LogP contribution in [0.5, 0.6) is 0 Å². The van der Waals surface area contributed by atoms with Crippen LogP contribution < -0.4 is 15.5 Å². The van der Waals surface area contributed by atoms with Gasteiger partial charge in [0.2, 0.25) is 0 Å². The first-order chi connectivity index (χ1) is 11.7. The molecule has 0 bridgehead atoms. The zero-order valence-corrected chi connectivity index (χ0v) is 13.7. The van der Waals surface area contributed by atoms with E-state index in [1.165, 1.54) is 0 Å². The first-order valence-electron chi connectivity index (χ1n) is 8.03. The number of carbonyl (C=O) groups is 1. The minimum absolute atomic E-state index is 0.0141. The number of urea groups is 1. The number of rotatable bonds is 5. The van der Waals surface area contributed by atoms with E-state index in [0.29, 0.717) is 12.2 Å². The highest BCUT2D eigenvalue weighted by atomic mass is 16.5. The van der Waals surface area contributed by atoms with Crippen molar-refractivity contribution in [1.82, 2.24) is 19.9 Å². The van der Waals surface area contributed by atoms with Gasteiger partial charge in [0, 0.05) is 38.1 Å². The third kappa shape index (κ3) is 4.45. The van der Waals surface area contributed by atoms with Crippen LogP contribution in [0.3, 0.4) is 0 Å². The van der Waals surface area contributed by atoms with Crippen molar-refractivity contribution in [3.63, 3.8) is 0 Å². The quantitative estimate of drug-likeness (QED) is 0.864. The van der Waals surface area contributed by atoms with Crippen LogP contribution in [0.4, 0.5) is 16.3 Å². The molecule has 0 saturated carbocycles. The second-order valence-electron chi connectivity index (χ2n) is 5.76. The predicted octanol–water partition coefficient (Wildman–Crippen LogP) is 1.32. The molecule has 1 saturated heterocycles. The number of imidazole rings is 1. The molecule has 8 nitrogen and oxygen atoms in total. The summed E-state index contributed by atoms with van der Waals surface area (Å²) in [5.41, 5.74) is 0.666. The summed E-state index contributed by atoms with van der Waals surface area (Å²) in [4.78, 5) is 22.6. The summed E-state index contributed by atoms with van der Waals surface area (Å²) in [6, 6.07) is 3.51. The molecule has 8 heteroatoms. The Morgan fingerprint density at radius 2 is 2.21 bits per heavy atom. The number of nitrogens with one attached hydrogen (secondary N) is 2. The third-order valence-corrected chi connectivity index (χ3v) is 3.76. The molecule has 0 aliphatic carbocycles. The Labute approximate surface area is 140 Å². The van der Waals surface area contributed by atoms with Gasteiger partial charge in [-0.2, -0.15) is 0 Å². The predicted molar refractivity (Wildman–Crippen MR) is 91.1 cm³/mol. The monoisotopic (exact) mass is 330 g/mol. The number of nitrogens with zero attached hydrogens (tertiary/aromatic N) is 4. The van der Waals surface area contributed by atoms with E-state index in [4.69, 9.17) is 4.74 Å². The number of hydrogen-bond acceptors (Lipinski definition) is 5. The Balaban J connectivity index is 1.48. The first kappa shape index (κ1) is 16.3. The summed E-state index contributed by atoms with van der Waals surface area (Å²) in [5.74, 6) is 0.901. The standard InChI is InChI=1S/C16H22N6O2/c1-13(11-21-5-4-17-12-21)19-16(23)20-14-2-3-15(18-10-14)22-6-8-24-9-7-22/h2-5,10,12-13H,6-9,11H2,1H3,(H2,19,20,23)/t13-/m0/s1. The molecule has 0 radical (unpaired) electrons. The summed E-state index contributed by atoms with van der Waals surface area (Å²) >= 11 is 0. The van der Waals surface area contributed by atoms with Crippen molar-refractivity contribution in [1.29, 1.82) is 0 Å². The zero-order valence-electron chi connectivity index (χ0n) is 13.7. The molecule has 128 valence electrons. The molecule has 1 fully saturated rings. The minimum atomic E-state index is -0.247. The van der Waals surface area contributed by atoms with E-state index >= 15 is 0 Å². The van der Waals surface area contributed by atoms with Gasteiger partial charge >= 0.3 is 6.03 Å². The van der Waals surface area contributed by atoms with Gasteiger partial charge in [-0.1, -0.05) is 0 Å². The van der Waals surface area contributed by atoms with Crippen molar-refractivity contribution in [2.75, 3.05) is 36.5 Å². The second-order valence-corrected chi connectivity index (χ2v) is 5.76. The average molecular weight is 330 g/mol. The minimum Gasteiger partial charge on any atom is -0.378 e. The lowest BCUT2D eigenvalue weighted by Gasteiger charge is -2.27. The van der Waals surface area contributed by atoms with E-state index in [9.17, 15) is 4.79 Å². The van der Waals surface area contributed by atoms with Crippen molar-refractivity contribution in [2.24, 2.45) is 0 Å². The van der Waals surface area contributed by atoms with Crippen LogP contribution >= 0.6 is 0 Å². The summed E-state index contributed by atoms with van der Waals surface area (Å²) < 4.78 is 7.25. The van der Waals surface area contributed by atoms with E-state index in [2.05, 4.69) is 25.5 Å². The Morgan fingerprint density at radius 1 is 1.38 bits per heavy atom. The van der Waals surface area contributed by atoms with Gasteiger partial charge in [-0.25, -0.2) is 14.8 Å². The zero-order chi connectivity index (χ0) is 16.8. The first-order valence-corrected chi connectivity index (χ1v) is 8.03. The smallest absolute Gasteiger partial charge is 0.319 e. The highest BCUT2D eigenvalue weighted by molar-refractivity contribution is 5.89.